The number of benzene rings is 3. The molecule has 31 heavy (non-hydrogen) atoms. The maximum Gasteiger partial charge on any atom is 0.266 e. The molecule has 0 aliphatic heterocycles. The maximum atomic E-state index is 12.5. The van der Waals surface area contributed by atoms with Crippen LogP contribution in [0.15, 0.2) is 66.2 Å². The number of amides is 1. The molecule has 3 aromatic carbocycles. The van der Waals surface area contributed by atoms with Gasteiger partial charge < -0.3 is 10.1 Å². The minimum Gasteiger partial charge on any atom is -0.487 e. The summed E-state index contributed by atoms with van der Waals surface area (Å²) in [5.41, 5.74) is 4.06. The predicted molar refractivity (Wildman–Crippen MR) is 125 cm³/mol. The van der Waals surface area contributed by atoms with Crippen LogP contribution >= 0.6 is 23.2 Å². The highest BCUT2D eigenvalue weighted by Crippen LogP contribution is 2.28. The molecule has 0 radical (unpaired) electrons. The van der Waals surface area contributed by atoms with Crippen molar-refractivity contribution in [2.45, 2.75) is 20.5 Å². The van der Waals surface area contributed by atoms with Gasteiger partial charge in [0.25, 0.3) is 5.91 Å². The number of rotatable bonds is 6. The van der Waals surface area contributed by atoms with E-state index in [-0.39, 0.29) is 5.57 Å². The van der Waals surface area contributed by atoms with E-state index in [0.29, 0.717) is 33.7 Å². The molecule has 156 valence electrons. The Morgan fingerprint density at radius 2 is 1.81 bits per heavy atom. The summed E-state index contributed by atoms with van der Waals surface area (Å²) < 4.78 is 5.79. The number of hydrogen-bond acceptors (Lipinski definition) is 3. The molecule has 1 N–H and O–H groups in total. The Morgan fingerprint density at radius 3 is 2.48 bits per heavy atom. The lowest BCUT2D eigenvalue weighted by molar-refractivity contribution is -0.112. The van der Waals surface area contributed by atoms with Gasteiger partial charge in [0, 0.05) is 10.7 Å². The first-order valence-electron chi connectivity index (χ1n) is 9.53. The number of carbonyl (C=O) groups excluding carboxylic acids is 1. The van der Waals surface area contributed by atoms with Gasteiger partial charge in [-0.25, -0.2) is 0 Å². The second kappa shape index (κ2) is 10.2. The molecule has 1 amide bonds. The van der Waals surface area contributed by atoms with Crippen molar-refractivity contribution < 1.29 is 9.53 Å². The van der Waals surface area contributed by atoms with E-state index in [9.17, 15) is 10.1 Å². The molecule has 0 aromatic heterocycles. The number of aryl methyl sites for hydroxylation is 1. The van der Waals surface area contributed by atoms with Gasteiger partial charge in [0.05, 0.1) is 5.02 Å². The lowest BCUT2D eigenvalue weighted by atomic mass is 10.1. The Bertz CT molecular complexity index is 1180. The van der Waals surface area contributed by atoms with Gasteiger partial charge in [0.1, 0.15) is 24.0 Å². The second-order valence-electron chi connectivity index (χ2n) is 7.00. The van der Waals surface area contributed by atoms with Gasteiger partial charge >= 0.3 is 0 Å². The molecule has 0 fully saturated rings. The van der Waals surface area contributed by atoms with E-state index in [2.05, 4.69) is 5.32 Å². The smallest absolute Gasteiger partial charge is 0.266 e. The van der Waals surface area contributed by atoms with Crippen molar-refractivity contribution >= 4 is 40.9 Å². The normalized spacial score (nSPS) is 11.0. The number of anilines is 1. The summed E-state index contributed by atoms with van der Waals surface area (Å²) in [6.07, 6.45) is 1.48. The number of halogens is 2. The molecule has 6 heteroatoms. The Labute approximate surface area is 191 Å². The first-order chi connectivity index (χ1) is 14.9. The van der Waals surface area contributed by atoms with Crippen LogP contribution in [0.3, 0.4) is 0 Å². The van der Waals surface area contributed by atoms with Crippen LogP contribution in [0.1, 0.15) is 22.3 Å². The molecule has 0 bridgehead atoms. The molecule has 0 aliphatic rings. The third kappa shape index (κ3) is 5.88. The quantitative estimate of drug-likeness (QED) is 0.334. The highest BCUT2D eigenvalue weighted by atomic mass is 35.5. The Balaban J connectivity index is 1.72. The largest absolute Gasteiger partial charge is 0.487 e. The van der Waals surface area contributed by atoms with Crippen molar-refractivity contribution in [2.75, 3.05) is 5.32 Å². The summed E-state index contributed by atoms with van der Waals surface area (Å²) in [6.45, 7) is 4.21. The molecule has 3 rings (SSSR count). The van der Waals surface area contributed by atoms with Crippen LogP contribution in [0, 0.1) is 25.2 Å². The fraction of sp³-hybridized carbons (Fsp3) is 0.120. The van der Waals surface area contributed by atoms with Crippen LogP contribution in [0.25, 0.3) is 6.08 Å². The highest BCUT2D eigenvalue weighted by molar-refractivity contribution is 6.32. The molecule has 4 nitrogen and oxygen atoms in total. The summed E-state index contributed by atoms with van der Waals surface area (Å²) >= 11 is 12.4. The number of nitrogens with one attached hydrogen (secondary N) is 1. The van der Waals surface area contributed by atoms with Crippen molar-refractivity contribution in [3.63, 3.8) is 0 Å². The second-order valence-corrected chi connectivity index (χ2v) is 7.81. The zero-order chi connectivity index (χ0) is 22.4. The zero-order valence-electron chi connectivity index (χ0n) is 17.1. The van der Waals surface area contributed by atoms with E-state index in [0.717, 1.165) is 11.1 Å². The van der Waals surface area contributed by atoms with Crippen LogP contribution < -0.4 is 10.1 Å². The summed E-state index contributed by atoms with van der Waals surface area (Å²) in [7, 11) is 0. The third-order valence-corrected chi connectivity index (χ3v) is 5.37. The van der Waals surface area contributed by atoms with Crippen molar-refractivity contribution in [1.82, 2.24) is 0 Å². The summed E-state index contributed by atoms with van der Waals surface area (Å²) in [5, 5.41) is 13.1. The zero-order valence-corrected chi connectivity index (χ0v) is 18.6. The van der Waals surface area contributed by atoms with Gasteiger partial charge in [-0.3, -0.25) is 4.79 Å². The van der Waals surface area contributed by atoms with Crippen molar-refractivity contribution in [2.24, 2.45) is 0 Å². The highest BCUT2D eigenvalue weighted by Gasteiger charge is 2.12. The predicted octanol–water partition coefficient (Wildman–Crippen LogP) is 6.73. The minimum atomic E-state index is -0.524. The summed E-state index contributed by atoms with van der Waals surface area (Å²) in [5.74, 6) is 0.000546. The molecule has 3 aromatic rings. The van der Waals surface area contributed by atoms with Crippen LogP contribution in [0.5, 0.6) is 5.75 Å². The average molecular weight is 451 g/mol. The van der Waals surface area contributed by atoms with Gasteiger partial charge in [0.2, 0.25) is 0 Å². The van der Waals surface area contributed by atoms with E-state index < -0.39 is 5.91 Å². The van der Waals surface area contributed by atoms with E-state index in [1.165, 1.54) is 11.6 Å². The molecule has 0 aliphatic carbocycles. The Morgan fingerprint density at radius 1 is 1.06 bits per heavy atom. The number of nitriles is 1. The van der Waals surface area contributed by atoms with Gasteiger partial charge in [-0.15, -0.1) is 0 Å². The lowest BCUT2D eigenvalue weighted by Gasteiger charge is -2.10. The number of carbonyl (C=O) groups is 1. The van der Waals surface area contributed by atoms with Gasteiger partial charge in [-0.05, 0) is 60.9 Å². The molecule has 0 spiro atoms. The van der Waals surface area contributed by atoms with E-state index >= 15 is 0 Å². The molecule has 0 saturated carbocycles. The number of hydrogen-bond donors (Lipinski definition) is 1. The first-order valence-corrected chi connectivity index (χ1v) is 10.3. The topological polar surface area (TPSA) is 62.1 Å². The maximum absolute atomic E-state index is 12.5. The van der Waals surface area contributed by atoms with Gasteiger partial charge in [0.15, 0.2) is 0 Å². The standard InChI is InChI=1S/C25H20Cl2N2O2/c1-16-6-8-18(9-7-16)15-31-24-11-10-19(13-22(24)27)12-20(14-28)25(30)29-23-5-3-4-21(26)17(23)2/h3-13H,15H2,1-2H3,(H,29,30)/b20-12+. The number of nitrogens with zero attached hydrogens (tertiary/aromatic N) is 1. The summed E-state index contributed by atoms with van der Waals surface area (Å²) in [4.78, 5) is 12.5. The van der Waals surface area contributed by atoms with Crippen LogP contribution in [0.2, 0.25) is 10.0 Å². The monoisotopic (exact) mass is 450 g/mol. The minimum absolute atomic E-state index is 0.0521. The molecule has 0 heterocycles. The molecule has 0 atom stereocenters. The molecule has 0 saturated heterocycles. The van der Waals surface area contributed by atoms with Crippen molar-refractivity contribution in [3.8, 4) is 11.8 Å². The van der Waals surface area contributed by atoms with E-state index in [1.54, 1.807) is 43.3 Å². The Kier molecular flexibility index (Phi) is 7.36. The SMILES string of the molecule is Cc1ccc(COc2ccc(/C=C(\C#N)C(=O)Nc3cccc(Cl)c3C)cc2Cl)cc1. The van der Waals surface area contributed by atoms with E-state index in [1.807, 2.05) is 37.3 Å². The van der Waals surface area contributed by atoms with Crippen LogP contribution in [0.4, 0.5) is 5.69 Å². The first kappa shape index (κ1) is 22.4. The van der Waals surface area contributed by atoms with Crippen molar-refractivity contribution in [3.05, 3.63) is 98.5 Å². The van der Waals surface area contributed by atoms with Crippen molar-refractivity contribution in [1.29, 1.82) is 5.26 Å². The fourth-order valence-electron chi connectivity index (χ4n) is 2.82. The van der Waals surface area contributed by atoms with E-state index in [4.69, 9.17) is 27.9 Å². The number of ether oxygens (including phenoxy) is 1. The molecule has 0 unspecified atom stereocenters. The molecular weight excluding hydrogens is 431 g/mol. The Hall–Kier alpha value is -3.26. The summed E-state index contributed by atoms with van der Waals surface area (Å²) in [6, 6.07) is 20.3. The molecular formula is C25H20Cl2N2O2. The van der Waals surface area contributed by atoms with Crippen LogP contribution in [-0.4, -0.2) is 5.91 Å². The fourth-order valence-corrected chi connectivity index (χ4v) is 3.24. The van der Waals surface area contributed by atoms with Gasteiger partial charge in [-0.1, -0.05) is 65.2 Å². The third-order valence-electron chi connectivity index (χ3n) is 4.66. The van der Waals surface area contributed by atoms with Crippen LogP contribution in [-0.2, 0) is 11.4 Å². The van der Waals surface area contributed by atoms with Gasteiger partial charge in [-0.2, -0.15) is 5.26 Å². The lowest BCUT2D eigenvalue weighted by Crippen LogP contribution is -2.14. The average Bonchev–Trinajstić information content (AvgIpc) is 2.75.